The number of hydrogen-bond donors (Lipinski definition) is 1. The van der Waals surface area contributed by atoms with Gasteiger partial charge in [-0.15, -0.1) is 5.10 Å². The lowest BCUT2D eigenvalue weighted by molar-refractivity contribution is 0.270. The lowest BCUT2D eigenvalue weighted by Gasteiger charge is -2.12. The van der Waals surface area contributed by atoms with Gasteiger partial charge in [-0.1, -0.05) is 42.5 Å². The second kappa shape index (κ2) is 7.78. The summed E-state index contributed by atoms with van der Waals surface area (Å²) in [6, 6.07) is 16.2. The van der Waals surface area contributed by atoms with E-state index in [9.17, 15) is 9.50 Å². The highest BCUT2D eigenvalue weighted by molar-refractivity contribution is 5.88. The molecule has 0 bridgehead atoms. The molecule has 6 heteroatoms. The van der Waals surface area contributed by atoms with Crippen LogP contribution in [0.15, 0.2) is 60.8 Å². The van der Waals surface area contributed by atoms with E-state index in [0.717, 1.165) is 33.3 Å². The van der Waals surface area contributed by atoms with Crippen LogP contribution >= 0.6 is 0 Å². The second-order valence-corrected chi connectivity index (χ2v) is 6.63. The van der Waals surface area contributed by atoms with Crippen molar-refractivity contribution < 1.29 is 14.2 Å². The van der Waals surface area contributed by atoms with E-state index in [2.05, 4.69) is 10.2 Å². The smallest absolute Gasteiger partial charge is 0.258 e. The maximum atomic E-state index is 13.1. The molecule has 142 valence electrons. The molecule has 0 aliphatic rings. The van der Waals surface area contributed by atoms with Gasteiger partial charge in [-0.05, 0) is 35.7 Å². The highest BCUT2D eigenvalue weighted by atomic mass is 19.1. The van der Waals surface area contributed by atoms with Crippen LogP contribution in [0, 0.1) is 12.7 Å². The number of hydrogen-bond acceptors (Lipinski definition) is 4. The predicted molar refractivity (Wildman–Crippen MR) is 104 cm³/mol. The summed E-state index contributed by atoms with van der Waals surface area (Å²) in [7, 11) is 0. The van der Waals surface area contributed by atoms with Gasteiger partial charge in [0.2, 0.25) is 0 Å². The van der Waals surface area contributed by atoms with Gasteiger partial charge in [0, 0.05) is 17.6 Å². The Morgan fingerprint density at radius 2 is 1.79 bits per heavy atom. The topological polar surface area (TPSA) is 60.2 Å². The monoisotopic (exact) mass is 377 g/mol. The van der Waals surface area contributed by atoms with Gasteiger partial charge < -0.3 is 14.4 Å². The maximum Gasteiger partial charge on any atom is 0.258 e. The standard InChI is InChI=1S/C22H20FN3O2/c1-15-19-11-24-25-22(28-14-17-7-9-18(23)10-8-17)21(19)26(20(15)13-27)12-16-5-3-2-4-6-16/h2-11,27H,12-14H2,1H3. The molecule has 5 nitrogen and oxygen atoms in total. The number of fused-ring (bicyclic) bond motifs is 1. The first-order chi connectivity index (χ1) is 13.7. The van der Waals surface area contributed by atoms with Crippen molar-refractivity contribution in [3.05, 3.63) is 89.0 Å². The fraction of sp³-hybridized carbons (Fsp3) is 0.182. The number of halogens is 1. The van der Waals surface area contributed by atoms with Crippen molar-refractivity contribution in [2.24, 2.45) is 0 Å². The van der Waals surface area contributed by atoms with Gasteiger partial charge in [0.1, 0.15) is 17.9 Å². The van der Waals surface area contributed by atoms with Gasteiger partial charge >= 0.3 is 0 Å². The van der Waals surface area contributed by atoms with Crippen molar-refractivity contribution in [2.45, 2.75) is 26.7 Å². The number of nitrogens with zero attached hydrogens (tertiary/aromatic N) is 3. The van der Waals surface area contributed by atoms with Crippen molar-refractivity contribution >= 4 is 10.9 Å². The van der Waals surface area contributed by atoms with E-state index in [1.54, 1.807) is 18.3 Å². The van der Waals surface area contributed by atoms with Crippen molar-refractivity contribution in [1.29, 1.82) is 0 Å². The molecular weight excluding hydrogens is 357 g/mol. The summed E-state index contributed by atoms with van der Waals surface area (Å²) in [5, 5.41) is 19.1. The lowest BCUT2D eigenvalue weighted by Crippen LogP contribution is -2.07. The summed E-state index contributed by atoms with van der Waals surface area (Å²) < 4.78 is 21.1. The average Bonchev–Trinajstić information content (AvgIpc) is 3.00. The number of aliphatic hydroxyl groups excluding tert-OH is 1. The molecule has 4 aromatic rings. The van der Waals surface area contributed by atoms with Gasteiger partial charge in [0.25, 0.3) is 5.88 Å². The van der Waals surface area contributed by atoms with Gasteiger partial charge in [-0.25, -0.2) is 4.39 Å². The van der Waals surface area contributed by atoms with E-state index in [1.807, 2.05) is 41.8 Å². The molecule has 0 saturated heterocycles. The molecule has 0 atom stereocenters. The van der Waals surface area contributed by atoms with Crippen LogP contribution < -0.4 is 4.74 Å². The Balaban J connectivity index is 1.75. The number of rotatable bonds is 6. The first-order valence-electron chi connectivity index (χ1n) is 9.02. The number of aliphatic hydroxyl groups is 1. The lowest BCUT2D eigenvalue weighted by atomic mass is 10.2. The second-order valence-electron chi connectivity index (χ2n) is 6.63. The highest BCUT2D eigenvalue weighted by Gasteiger charge is 2.19. The van der Waals surface area contributed by atoms with Crippen LogP contribution in [0.4, 0.5) is 4.39 Å². The van der Waals surface area contributed by atoms with E-state index in [4.69, 9.17) is 4.74 Å². The minimum atomic E-state index is -0.286. The number of benzene rings is 2. The summed E-state index contributed by atoms with van der Waals surface area (Å²) in [6.07, 6.45) is 1.69. The van der Waals surface area contributed by atoms with Crippen molar-refractivity contribution in [1.82, 2.24) is 14.8 Å². The average molecular weight is 377 g/mol. The van der Waals surface area contributed by atoms with E-state index in [0.29, 0.717) is 12.4 Å². The summed E-state index contributed by atoms with van der Waals surface area (Å²) in [4.78, 5) is 0. The van der Waals surface area contributed by atoms with Crippen LogP contribution in [0.2, 0.25) is 0 Å². The molecule has 28 heavy (non-hydrogen) atoms. The zero-order chi connectivity index (χ0) is 19.5. The van der Waals surface area contributed by atoms with Gasteiger partial charge in [0.15, 0.2) is 0 Å². The Morgan fingerprint density at radius 3 is 2.50 bits per heavy atom. The first kappa shape index (κ1) is 18.1. The normalized spacial score (nSPS) is 11.1. The van der Waals surface area contributed by atoms with Gasteiger partial charge in [-0.2, -0.15) is 5.10 Å². The van der Waals surface area contributed by atoms with Crippen LogP contribution in [-0.4, -0.2) is 19.9 Å². The SMILES string of the molecule is Cc1c(CO)n(Cc2ccccc2)c2c(OCc3ccc(F)cc3)nncc12. The molecule has 0 amide bonds. The summed E-state index contributed by atoms with van der Waals surface area (Å²) in [5.74, 6) is 0.103. The van der Waals surface area contributed by atoms with E-state index < -0.39 is 0 Å². The molecule has 2 aromatic heterocycles. The van der Waals surface area contributed by atoms with Crippen molar-refractivity contribution in [3.63, 3.8) is 0 Å². The van der Waals surface area contributed by atoms with Crippen LogP contribution in [0.3, 0.4) is 0 Å². The van der Waals surface area contributed by atoms with E-state index in [-0.39, 0.29) is 19.0 Å². The third-order valence-electron chi connectivity index (χ3n) is 4.85. The van der Waals surface area contributed by atoms with Gasteiger partial charge in [0.05, 0.1) is 12.8 Å². The van der Waals surface area contributed by atoms with Crippen LogP contribution in [0.5, 0.6) is 5.88 Å². The minimum Gasteiger partial charge on any atom is -0.470 e. The minimum absolute atomic E-state index is 0.0925. The van der Waals surface area contributed by atoms with Crippen molar-refractivity contribution in [3.8, 4) is 5.88 Å². The van der Waals surface area contributed by atoms with Gasteiger partial charge in [-0.3, -0.25) is 0 Å². The van der Waals surface area contributed by atoms with E-state index in [1.165, 1.54) is 12.1 Å². The van der Waals surface area contributed by atoms with Crippen LogP contribution in [0.25, 0.3) is 10.9 Å². The maximum absolute atomic E-state index is 13.1. The summed E-state index contributed by atoms with van der Waals surface area (Å²) in [6.45, 7) is 2.70. The Kier molecular flexibility index (Phi) is 5.04. The molecule has 0 spiro atoms. The Hall–Kier alpha value is -3.25. The highest BCUT2D eigenvalue weighted by Crippen LogP contribution is 2.31. The molecule has 0 aliphatic heterocycles. The molecular formula is C22H20FN3O2. The third-order valence-corrected chi connectivity index (χ3v) is 4.85. The first-order valence-corrected chi connectivity index (χ1v) is 9.02. The molecule has 0 saturated carbocycles. The zero-order valence-electron chi connectivity index (χ0n) is 15.5. The Bertz CT molecular complexity index is 1090. The Morgan fingerprint density at radius 1 is 1.04 bits per heavy atom. The van der Waals surface area contributed by atoms with Crippen LogP contribution in [0.1, 0.15) is 22.4 Å². The predicted octanol–water partition coefficient (Wildman–Crippen LogP) is 4.00. The number of aryl methyl sites for hydroxylation is 1. The Labute approximate surface area is 162 Å². The fourth-order valence-corrected chi connectivity index (χ4v) is 3.36. The molecule has 0 fully saturated rings. The third kappa shape index (κ3) is 3.46. The van der Waals surface area contributed by atoms with Crippen molar-refractivity contribution in [2.75, 3.05) is 0 Å². The largest absolute Gasteiger partial charge is 0.470 e. The molecule has 0 radical (unpaired) electrons. The molecule has 0 aliphatic carbocycles. The summed E-state index contributed by atoms with van der Waals surface area (Å²) >= 11 is 0. The molecule has 2 aromatic carbocycles. The molecule has 0 unspecified atom stereocenters. The summed E-state index contributed by atoms with van der Waals surface area (Å²) in [5.41, 5.74) is 4.49. The number of ether oxygens (including phenoxy) is 1. The van der Waals surface area contributed by atoms with E-state index >= 15 is 0 Å². The molecule has 1 N–H and O–H groups in total. The van der Waals surface area contributed by atoms with Crippen LogP contribution in [-0.2, 0) is 19.8 Å². The molecule has 4 rings (SSSR count). The zero-order valence-corrected chi connectivity index (χ0v) is 15.5. The fourth-order valence-electron chi connectivity index (χ4n) is 3.36. The number of aromatic nitrogens is 3. The molecule has 2 heterocycles. The quantitative estimate of drug-likeness (QED) is 0.552.